The molecule has 0 saturated carbocycles. The van der Waals surface area contributed by atoms with E-state index in [0.29, 0.717) is 16.9 Å². The molecule has 2 nitrogen and oxygen atoms in total. The molecule has 0 aliphatic carbocycles. The zero-order chi connectivity index (χ0) is 14.8. The minimum atomic E-state index is 0.390. The van der Waals surface area contributed by atoms with E-state index in [2.05, 4.69) is 34.6 Å². The predicted molar refractivity (Wildman–Crippen MR) is 83.9 cm³/mol. The normalized spacial score (nSPS) is 30.4. The van der Waals surface area contributed by atoms with Crippen molar-refractivity contribution in [2.45, 2.75) is 72.8 Å². The lowest BCUT2D eigenvalue weighted by Crippen LogP contribution is -2.38. The van der Waals surface area contributed by atoms with Crippen LogP contribution in [-0.4, -0.2) is 25.9 Å². The van der Waals surface area contributed by atoms with Crippen molar-refractivity contribution >= 4 is 0 Å². The molecule has 0 aromatic carbocycles. The molecule has 2 fully saturated rings. The summed E-state index contributed by atoms with van der Waals surface area (Å²) in [7, 11) is 0. The first-order chi connectivity index (χ1) is 9.29. The molecule has 2 heterocycles. The first-order valence-corrected chi connectivity index (χ1v) is 8.48. The van der Waals surface area contributed by atoms with Crippen LogP contribution in [0, 0.1) is 22.7 Å². The molecule has 2 rings (SSSR count). The summed E-state index contributed by atoms with van der Waals surface area (Å²) in [6.07, 6.45) is 6.72. The van der Waals surface area contributed by atoms with E-state index in [1.807, 2.05) is 0 Å². The molecular weight excluding hydrogens is 248 g/mol. The predicted octanol–water partition coefficient (Wildman–Crippen LogP) is 4.67. The van der Waals surface area contributed by atoms with Crippen molar-refractivity contribution in [1.29, 1.82) is 0 Å². The third kappa shape index (κ3) is 4.21. The van der Waals surface area contributed by atoms with E-state index < -0.39 is 0 Å². The van der Waals surface area contributed by atoms with Gasteiger partial charge in [-0.2, -0.15) is 0 Å². The Balaban J connectivity index is 1.82. The summed E-state index contributed by atoms with van der Waals surface area (Å²) in [5, 5.41) is 0. The maximum atomic E-state index is 6.21. The van der Waals surface area contributed by atoms with Crippen LogP contribution in [0.3, 0.4) is 0 Å². The molecule has 0 amide bonds. The molecule has 2 aliphatic heterocycles. The molecule has 2 heteroatoms. The second-order valence-corrected chi connectivity index (χ2v) is 8.67. The smallest absolute Gasteiger partial charge is 0.0580 e. The van der Waals surface area contributed by atoms with Gasteiger partial charge < -0.3 is 9.47 Å². The topological polar surface area (TPSA) is 18.5 Å². The van der Waals surface area contributed by atoms with Gasteiger partial charge in [-0.25, -0.2) is 0 Å². The maximum Gasteiger partial charge on any atom is 0.0580 e. The van der Waals surface area contributed by atoms with Crippen LogP contribution in [0.15, 0.2) is 0 Å². The Hall–Kier alpha value is -0.0800. The van der Waals surface area contributed by atoms with Gasteiger partial charge in [0, 0.05) is 13.2 Å². The molecule has 0 aromatic heterocycles. The van der Waals surface area contributed by atoms with Gasteiger partial charge in [-0.15, -0.1) is 0 Å². The van der Waals surface area contributed by atoms with Gasteiger partial charge in [-0.05, 0) is 54.8 Å². The highest BCUT2D eigenvalue weighted by atomic mass is 16.5. The first kappa shape index (κ1) is 16.3. The van der Waals surface area contributed by atoms with Gasteiger partial charge in [0.2, 0.25) is 0 Å². The molecule has 0 radical (unpaired) electrons. The summed E-state index contributed by atoms with van der Waals surface area (Å²) in [5.41, 5.74) is 0.782. The lowest BCUT2D eigenvalue weighted by atomic mass is 9.69. The third-order valence-electron chi connectivity index (χ3n) is 5.68. The third-order valence-corrected chi connectivity index (χ3v) is 5.68. The summed E-state index contributed by atoms with van der Waals surface area (Å²) in [4.78, 5) is 0. The van der Waals surface area contributed by atoms with Gasteiger partial charge in [0.1, 0.15) is 0 Å². The highest BCUT2D eigenvalue weighted by Crippen LogP contribution is 2.42. The zero-order valence-corrected chi connectivity index (χ0v) is 14.2. The van der Waals surface area contributed by atoms with Gasteiger partial charge >= 0.3 is 0 Å². The SMILES string of the molecule is CC(C)(CC1CC[C@@H](C(C)(C)C)CO1)C1CCOCC1. The standard InChI is InChI=1S/C18H34O2/c1-17(2,3)15-6-7-16(20-13-15)12-18(4,5)14-8-10-19-11-9-14/h14-16H,6-13H2,1-5H3/t15-,16?/m1/s1. The van der Waals surface area contributed by atoms with Crippen molar-refractivity contribution in [2.24, 2.45) is 22.7 Å². The Morgan fingerprint density at radius 1 is 0.850 bits per heavy atom. The van der Waals surface area contributed by atoms with Crippen molar-refractivity contribution in [2.75, 3.05) is 19.8 Å². The Kier molecular flexibility index (Phi) is 5.18. The molecule has 2 aliphatic rings. The van der Waals surface area contributed by atoms with Crippen LogP contribution < -0.4 is 0 Å². The molecule has 118 valence electrons. The van der Waals surface area contributed by atoms with E-state index in [1.54, 1.807) is 0 Å². The summed E-state index contributed by atoms with van der Waals surface area (Å²) in [6, 6.07) is 0. The van der Waals surface area contributed by atoms with Gasteiger partial charge in [-0.3, -0.25) is 0 Å². The molecule has 20 heavy (non-hydrogen) atoms. The fourth-order valence-electron chi connectivity index (χ4n) is 3.88. The first-order valence-electron chi connectivity index (χ1n) is 8.48. The lowest BCUT2D eigenvalue weighted by Gasteiger charge is -2.42. The number of hydrogen-bond acceptors (Lipinski definition) is 2. The van der Waals surface area contributed by atoms with E-state index in [1.165, 1.54) is 32.1 Å². The molecule has 0 spiro atoms. The molecule has 2 saturated heterocycles. The maximum absolute atomic E-state index is 6.21. The van der Waals surface area contributed by atoms with Crippen molar-refractivity contribution in [3.8, 4) is 0 Å². The summed E-state index contributed by atoms with van der Waals surface area (Å²) >= 11 is 0. The van der Waals surface area contributed by atoms with Crippen LogP contribution in [0.5, 0.6) is 0 Å². The largest absolute Gasteiger partial charge is 0.381 e. The van der Waals surface area contributed by atoms with Crippen molar-refractivity contribution in [1.82, 2.24) is 0 Å². The Morgan fingerprint density at radius 3 is 2.00 bits per heavy atom. The summed E-state index contributed by atoms with van der Waals surface area (Å²) in [6.45, 7) is 14.7. The van der Waals surface area contributed by atoms with Crippen LogP contribution in [0.2, 0.25) is 0 Å². The summed E-state index contributed by atoms with van der Waals surface area (Å²) in [5.74, 6) is 1.53. The van der Waals surface area contributed by atoms with E-state index in [9.17, 15) is 0 Å². The average Bonchev–Trinajstić information content (AvgIpc) is 2.39. The molecule has 2 atom stereocenters. The minimum absolute atomic E-state index is 0.390. The van der Waals surface area contributed by atoms with Gasteiger partial charge in [-0.1, -0.05) is 34.6 Å². The second-order valence-electron chi connectivity index (χ2n) is 8.67. The van der Waals surface area contributed by atoms with E-state index in [0.717, 1.165) is 31.7 Å². The Bertz CT molecular complexity index is 289. The minimum Gasteiger partial charge on any atom is -0.381 e. The quantitative estimate of drug-likeness (QED) is 0.749. The monoisotopic (exact) mass is 282 g/mol. The Labute approximate surface area is 125 Å². The number of rotatable bonds is 3. The van der Waals surface area contributed by atoms with Crippen molar-refractivity contribution in [3.05, 3.63) is 0 Å². The molecule has 0 aromatic rings. The molecule has 0 bridgehead atoms. The fourth-order valence-corrected chi connectivity index (χ4v) is 3.88. The van der Waals surface area contributed by atoms with E-state index in [4.69, 9.17) is 9.47 Å². The van der Waals surface area contributed by atoms with Crippen LogP contribution in [0.4, 0.5) is 0 Å². The van der Waals surface area contributed by atoms with Gasteiger partial charge in [0.15, 0.2) is 0 Å². The van der Waals surface area contributed by atoms with E-state index >= 15 is 0 Å². The van der Waals surface area contributed by atoms with E-state index in [-0.39, 0.29) is 0 Å². The van der Waals surface area contributed by atoms with Crippen LogP contribution in [0.1, 0.15) is 66.7 Å². The molecule has 0 N–H and O–H groups in total. The fraction of sp³-hybridized carbons (Fsp3) is 1.00. The van der Waals surface area contributed by atoms with Crippen LogP contribution in [-0.2, 0) is 9.47 Å². The molecular formula is C18H34O2. The van der Waals surface area contributed by atoms with Gasteiger partial charge in [0.05, 0.1) is 12.7 Å². The highest BCUT2D eigenvalue weighted by molar-refractivity contribution is 4.86. The Morgan fingerprint density at radius 2 is 1.50 bits per heavy atom. The second kappa shape index (κ2) is 6.36. The van der Waals surface area contributed by atoms with Crippen molar-refractivity contribution in [3.63, 3.8) is 0 Å². The van der Waals surface area contributed by atoms with Crippen molar-refractivity contribution < 1.29 is 9.47 Å². The average molecular weight is 282 g/mol. The zero-order valence-electron chi connectivity index (χ0n) is 14.2. The lowest BCUT2D eigenvalue weighted by molar-refractivity contribution is -0.0752. The molecule has 1 unspecified atom stereocenters. The summed E-state index contributed by atoms with van der Waals surface area (Å²) < 4.78 is 11.7. The van der Waals surface area contributed by atoms with Gasteiger partial charge in [0.25, 0.3) is 0 Å². The van der Waals surface area contributed by atoms with Crippen LogP contribution >= 0.6 is 0 Å². The number of ether oxygens (including phenoxy) is 2. The number of hydrogen-bond donors (Lipinski definition) is 0. The highest BCUT2D eigenvalue weighted by Gasteiger charge is 2.36. The van der Waals surface area contributed by atoms with Crippen LogP contribution in [0.25, 0.3) is 0 Å².